The number of halogens is 1. The van der Waals surface area contributed by atoms with Crippen molar-refractivity contribution in [3.63, 3.8) is 0 Å². The number of benzene rings is 1. The van der Waals surface area contributed by atoms with Crippen LogP contribution in [0.1, 0.15) is 23.8 Å². The highest BCUT2D eigenvalue weighted by atomic mass is 35.5. The second-order valence-electron chi connectivity index (χ2n) is 5.54. The van der Waals surface area contributed by atoms with Crippen molar-refractivity contribution in [1.82, 2.24) is 9.88 Å². The highest BCUT2D eigenvalue weighted by Gasteiger charge is 2.34. The van der Waals surface area contributed by atoms with Gasteiger partial charge in [-0.2, -0.15) is 0 Å². The molecule has 1 aromatic carbocycles. The lowest BCUT2D eigenvalue weighted by molar-refractivity contribution is 0.0703. The van der Waals surface area contributed by atoms with E-state index >= 15 is 0 Å². The maximum absolute atomic E-state index is 12.7. The third-order valence-corrected chi connectivity index (χ3v) is 6.15. The molecule has 1 aliphatic rings. The van der Waals surface area contributed by atoms with Crippen LogP contribution in [0.3, 0.4) is 0 Å². The van der Waals surface area contributed by atoms with E-state index in [9.17, 15) is 13.2 Å². The summed E-state index contributed by atoms with van der Waals surface area (Å²) in [4.78, 5) is 17.4. The average Bonchev–Trinajstić information content (AvgIpc) is 3.04. The monoisotopic (exact) mass is 340 g/mol. The number of nitrogens with one attached hydrogen (secondary N) is 1. The topological polar surface area (TPSA) is 70.2 Å². The first kappa shape index (κ1) is 15.4. The van der Waals surface area contributed by atoms with Crippen LogP contribution >= 0.6 is 11.6 Å². The summed E-state index contributed by atoms with van der Waals surface area (Å²) in [5, 5.41) is 1.42. The fourth-order valence-corrected chi connectivity index (χ4v) is 4.94. The van der Waals surface area contributed by atoms with Crippen LogP contribution in [-0.4, -0.2) is 48.3 Å². The lowest BCUT2D eigenvalue weighted by Gasteiger charge is -2.26. The molecule has 22 heavy (non-hydrogen) atoms. The molecule has 1 atom stereocenters. The molecule has 0 radical (unpaired) electrons. The number of hydrogen-bond acceptors (Lipinski definition) is 3. The first-order valence-corrected chi connectivity index (χ1v) is 9.40. The normalized spacial score (nSPS) is 20.4. The summed E-state index contributed by atoms with van der Waals surface area (Å²) in [5.41, 5.74) is 1.16. The molecule has 1 aromatic heterocycles. The van der Waals surface area contributed by atoms with Crippen molar-refractivity contribution in [3.05, 3.63) is 35.0 Å². The number of H-pyrrole nitrogens is 1. The zero-order valence-electron chi connectivity index (χ0n) is 12.2. The van der Waals surface area contributed by atoms with E-state index in [0.29, 0.717) is 23.7 Å². The molecule has 1 aliphatic heterocycles. The Morgan fingerprint density at radius 1 is 1.45 bits per heavy atom. The third-order valence-electron chi connectivity index (χ3n) is 4.09. The Morgan fingerprint density at radius 2 is 2.23 bits per heavy atom. The van der Waals surface area contributed by atoms with Gasteiger partial charge >= 0.3 is 0 Å². The predicted molar refractivity (Wildman–Crippen MR) is 87.1 cm³/mol. The van der Waals surface area contributed by atoms with Gasteiger partial charge in [0.05, 0.1) is 22.0 Å². The van der Waals surface area contributed by atoms with Gasteiger partial charge in [-0.25, -0.2) is 8.42 Å². The molecule has 118 valence electrons. The standard InChI is InChI=1S/C15H17ClN2O3S/c1-2-18(11-6-7-22(20,21)9-11)15(19)13-8-10-4-3-5-12(16)14(10)17-13/h3-5,8,11,17H,2,6-7,9H2,1H3. The Hall–Kier alpha value is -1.53. The number of aromatic nitrogens is 1. The van der Waals surface area contributed by atoms with Crippen LogP contribution in [-0.2, 0) is 9.84 Å². The van der Waals surface area contributed by atoms with E-state index in [4.69, 9.17) is 11.6 Å². The minimum Gasteiger partial charge on any atom is -0.349 e. The van der Waals surface area contributed by atoms with Crippen LogP contribution in [0.2, 0.25) is 5.02 Å². The van der Waals surface area contributed by atoms with Gasteiger partial charge in [0.2, 0.25) is 0 Å². The number of fused-ring (bicyclic) bond motifs is 1. The molecule has 3 rings (SSSR count). The summed E-state index contributed by atoms with van der Waals surface area (Å²) in [5.74, 6) is 0.0185. The van der Waals surface area contributed by atoms with E-state index in [-0.39, 0.29) is 23.5 Å². The van der Waals surface area contributed by atoms with Gasteiger partial charge < -0.3 is 9.88 Å². The number of rotatable bonds is 3. The summed E-state index contributed by atoms with van der Waals surface area (Å²) >= 11 is 6.12. The number of para-hydroxylation sites is 1. The van der Waals surface area contributed by atoms with Crippen molar-refractivity contribution < 1.29 is 13.2 Å². The Labute approximate surface area is 134 Å². The largest absolute Gasteiger partial charge is 0.349 e. The smallest absolute Gasteiger partial charge is 0.270 e. The summed E-state index contributed by atoms with van der Waals surface area (Å²) in [6.07, 6.45) is 0.503. The average molecular weight is 341 g/mol. The second-order valence-corrected chi connectivity index (χ2v) is 8.17. The van der Waals surface area contributed by atoms with Gasteiger partial charge in [-0.3, -0.25) is 4.79 Å². The molecular weight excluding hydrogens is 324 g/mol. The van der Waals surface area contributed by atoms with E-state index in [1.165, 1.54) is 0 Å². The molecule has 5 nitrogen and oxygen atoms in total. The van der Waals surface area contributed by atoms with Crippen LogP contribution in [0.25, 0.3) is 10.9 Å². The third kappa shape index (κ3) is 2.73. The quantitative estimate of drug-likeness (QED) is 0.933. The zero-order valence-corrected chi connectivity index (χ0v) is 13.7. The molecular formula is C15H17ClN2O3S. The van der Waals surface area contributed by atoms with Crippen LogP contribution < -0.4 is 0 Å². The minimum atomic E-state index is -3.02. The predicted octanol–water partition coefficient (Wildman–Crippen LogP) is 2.47. The van der Waals surface area contributed by atoms with Crippen molar-refractivity contribution >= 4 is 38.2 Å². The van der Waals surface area contributed by atoms with Crippen LogP contribution in [0.5, 0.6) is 0 Å². The summed E-state index contributed by atoms with van der Waals surface area (Å²) in [6, 6.07) is 6.98. The van der Waals surface area contributed by atoms with Crippen molar-refractivity contribution in [1.29, 1.82) is 0 Å². The highest BCUT2D eigenvalue weighted by molar-refractivity contribution is 7.91. The zero-order chi connectivity index (χ0) is 15.9. The minimum absolute atomic E-state index is 0.0492. The van der Waals surface area contributed by atoms with E-state index in [1.54, 1.807) is 17.0 Å². The first-order valence-electron chi connectivity index (χ1n) is 7.20. The van der Waals surface area contributed by atoms with E-state index < -0.39 is 9.84 Å². The molecule has 0 aliphatic carbocycles. The summed E-state index contributed by atoms with van der Waals surface area (Å²) < 4.78 is 23.3. The van der Waals surface area contributed by atoms with Crippen molar-refractivity contribution in [2.45, 2.75) is 19.4 Å². The summed E-state index contributed by atoms with van der Waals surface area (Å²) in [7, 11) is -3.02. The van der Waals surface area contributed by atoms with Gasteiger partial charge in [0.25, 0.3) is 5.91 Å². The van der Waals surface area contributed by atoms with Crippen molar-refractivity contribution in [3.8, 4) is 0 Å². The lowest BCUT2D eigenvalue weighted by atomic mass is 10.2. The molecule has 1 fully saturated rings. The van der Waals surface area contributed by atoms with Gasteiger partial charge in [-0.05, 0) is 25.5 Å². The fraction of sp³-hybridized carbons (Fsp3) is 0.400. The molecule has 2 aromatic rings. The van der Waals surface area contributed by atoms with Crippen LogP contribution in [0.4, 0.5) is 0 Å². The van der Waals surface area contributed by atoms with Gasteiger partial charge in [-0.15, -0.1) is 0 Å². The highest BCUT2D eigenvalue weighted by Crippen LogP contribution is 2.25. The van der Waals surface area contributed by atoms with E-state index in [0.717, 1.165) is 10.9 Å². The van der Waals surface area contributed by atoms with Crippen LogP contribution in [0, 0.1) is 0 Å². The molecule has 1 saturated heterocycles. The number of sulfone groups is 1. The molecule has 1 amide bonds. The lowest BCUT2D eigenvalue weighted by Crippen LogP contribution is -2.41. The molecule has 0 spiro atoms. The Morgan fingerprint density at radius 3 is 2.82 bits per heavy atom. The Kier molecular flexibility index (Phi) is 3.91. The maximum Gasteiger partial charge on any atom is 0.270 e. The molecule has 1 N–H and O–H groups in total. The number of aromatic amines is 1. The second kappa shape index (κ2) is 5.59. The maximum atomic E-state index is 12.7. The molecule has 1 unspecified atom stereocenters. The number of nitrogens with zero attached hydrogens (tertiary/aromatic N) is 1. The van der Waals surface area contributed by atoms with Gasteiger partial charge in [0.15, 0.2) is 9.84 Å². The van der Waals surface area contributed by atoms with Crippen LogP contribution in [0.15, 0.2) is 24.3 Å². The van der Waals surface area contributed by atoms with Gasteiger partial charge in [-0.1, -0.05) is 23.7 Å². The first-order chi connectivity index (χ1) is 10.4. The molecule has 7 heteroatoms. The number of carbonyl (C=O) groups excluding carboxylic acids is 1. The number of carbonyl (C=O) groups is 1. The van der Waals surface area contributed by atoms with Crippen molar-refractivity contribution in [2.24, 2.45) is 0 Å². The molecule has 0 saturated carbocycles. The number of amides is 1. The Bertz CT molecular complexity index is 828. The van der Waals surface area contributed by atoms with Crippen molar-refractivity contribution in [2.75, 3.05) is 18.1 Å². The molecule has 0 bridgehead atoms. The number of hydrogen-bond donors (Lipinski definition) is 1. The van der Waals surface area contributed by atoms with E-state index in [1.807, 2.05) is 19.1 Å². The molecule has 2 heterocycles. The van der Waals surface area contributed by atoms with Gasteiger partial charge in [0.1, 0.15) is 5.69 Å². The van der Waals surface area contributed by atoms with Gasteiger partial charge in [0, 0.05) is 18.0 Å². The van der Waals surface area contributed by atoms with E-state index in [2.05, 4.69) is 4.98 Å². The summed E-state index contributed by atoms with van der Waals surface area (Å²) in [6.45, 7) is 2.33. The SMILES string of the molecule is CCN(C(=O)c1cc2cccc(Cl)c2[nH]1)C1CCS(=O)(=O)C1. The fourth-order valence-electron chi connectivity index (χ4n) is 2.98. The Balaban J connectivity index is 1.92.